The molecule has 0 aliphatic heterocycles. The molecule has 0 spiro atoms. The molecule has 2 amide bonds. The maximum absolute atomic E-state index is 13.5. The lowest BCUT2D eigenvalue weighted by Gasteiger charge is -2.21. The van der Waals surface area contributed by atoms with Crippen molar-refractivity contribution in [2.24, 2.45) is 7.05 Å². The molecule has 0 aliphatic rings. The van der Waals surface area contributed by atoms with Crippen LogP contribution in [0.5, 0.6) is 5.75 Å². The van der Waals surface area contributed by atoms with Gasteiger partial charge in [0.05, 0.1) is 0 Å². The van der Waals surface area contributed by atoms with Gasteiger partial charge >= 0.3 is 0 Å². The lowest BCUT2D eigenvalue weighted by atomic mass is 9.95. The summed E-state index contributed by atoms with van der Waals surface area (Å²) in [6.45, 7) is 5.34. The highest BCUT2D eigenvalue weighted by Crippen LogP contribution is 2.21. The minimum atomic E-state index is -0.784. The Hall–Kier alpha value is -3.23. The number of nitrogens with one attached hydrogen (secondary N) is 2. The number of rotatable bonds is 4. The lowest BCUT2D eigenvalue weighted by Crippen LogP contribution is -2.34. The highest BCUT2D eigenvalue weighted by Gasteiger charge is 2.26. The predicted molar refractivity (Wildman–Crippen MR) is 101 cm³/mol. The van der Waals surface area contributed by atoms with E-state index < -0.39 is 40.0 Å². The Bertz CT molecular complexity index is 993. The zero-order valence-electron chi connectivity index (χ0n) is 16.4. The Balaban J connectivity index is 2.36. The fraction of sp³-hybridized carbons (Fsp3) is 0.368. The van der Waals surface area contributed by atoms with Gasteiger partial charge in [0.2, 0.25) is 5.75 Å². The molecule has 0 bridgehead atoms. The number of amides is 2. The topological polar surface area (TPSA) is 113 Å². The second kappa shape index (κ2) is 7.79. The maximum atomic E-state index is 13.5. The van der Waals surface area contributed by atoms with Gasteiger partial charge in [-0.1, -0.05) is 26.8 Å². The summed E-state index contributed by atoms with van der Waals surface area (Å²) < 4.78 is 14.6. The van der Waals surface area contributed by atoms with Gasteiger partial charge < -0.3 is 15.7 Å². The van der Waals surface area contributed by atoms with E-state index in [-0.39, 0.29) is 12.1 Å². The van der Waals surface area contributed by atoms with Crippen molar-refractivity contribution in [1.82, 2.24) is 20.2 Å². The van der Waals surface area contributed by atoms with Gasteiger partial charge in [-0.3, -0.25) is 19.0 Å². The fourth-order valence-corrected chi connectivity index (χ4v) is 2.73. The van der Waals surface area contributed by atoms with Crippen LogP contribution in [0.25, 0.3) is 0 Å². The number of benzene rings is 1. The Morgan fingerprint density at radius 3 is 2.46 bits per heavy atom. The van der Waals surface area contributed by atoms with Crippen LogP contribution in [0.4, 0.5) is 4.39 Å². The normalized spacial score (nSPS) is 11.2. The molecule has 0 fully saturated rings. The van der Waals surface area contributed by atoms with Crippen molar-refractivity contribution < 1.29 is 19.1 Å². The molecule has 150 valence electrons. The van der Waals surface area contributed by atoms with E-state index in [4.69, 9.17) is 0 Å². The predicted octanol–water partition coefficient (Wildman–Crippen LogP) is 1.21. The molecule has 0 saturated carbocycles. The van der Waals surface area contributed by atoms with E-state index in [1.165, 1.54) is 30.8 Å². The third kappa shape index (κ3) is 4.19. The largest absolute Gasteiger partial charge is 0.501 e. The van der Waals surface area contributed by atoms with Crippen molar-refractivity contribution in [2.45, 2.75) is 32.7 Å². The van der Waals surface area contributed by atoms with Crippen molar-refractivity contribution in [3.8, 4) is 5.75 Å². The molecule has 0 aliphatic carbocycles. The Labute approximate surface area is 161 Å². The standard InChI is InChI=1S/C19H23FN4O4/c1-19(2,3)18-23-13(14(25)17(28)24(18)5)16(27)22-9-10-6-7-11(20)8-12(10)15(26)21-4/h6-8,25H,9H2,1-5H3,(H,21,26)(H,22,27). The summed E-state index contributed by atoms with van der Waals surface area (Å²) in [6, 6.07) is 3.60. The van der Waals surface area contributed by atoms with Crippen LogP contribution in [-0.4, -0.2) is 33.5 Å². The zero-order chi connectivity index (χ0) is 21.2. The molecule has 8 nitrogen and oxygen atoms in total. The molecule has 1 aromatic carbocycles. The first-order valence-electron chi connectivity index (χ1n) is 8.56. The first-order valence-corrected chi connectivity index (χ1v) is 8.56. The number of carbonyl (C=O) groups is 2. The second-order valence-electron chi connectivity index (χ2n) is 7.31. The molecule has 1 heterocycles. The second-order valence-corrected chi connectivity index (χ2v) is 7.31. The van der Waals surface area contributed by atoms with E-state index in [9.17, 15) is 23.9 Å². The van der Waals surface area contributed by atoms with E-state index in [1.807, 2.05) is 20.8 Å². The summed E-state index contributed by atoms with van der Waals surface area (Å²) in [6.07, 6.45) is 0. The fourth-order valence-electron chi connectivity index (χ4n) is 2.73. The van der Waals surface area contributed by atoms with E-state index >= 15 is 0 Å². The molecule has 2 aromatic rings. The summed E-state index contributed by atoms with van der Waals surface area (Å²) in [7, 11) is 2.87. The van der Waals surface area contributed by atoms with E-state index in [1.54, 1.807) is 0 Å². The number of hydrogen-bond donors (Lipinski definition) is 3. The molecule has 0 atom stereocenters. The minimum absolute atomic E-state index is 0.0688. The zero-order valence-corrected chi connectivity index (χ0v) is 16.4. The first-order chi connectivity index (χ1) is 13.0. The van der Waals surface area contributed by atoms with Crippen LogP contribution in [0, 0.1) is 5.82 Å². The van der Waals surface area contributed by atoms with Crippen molar-refractivity contribution in [3.05, 3.63) is 57.0 Å². The molecular weight excluding hydrogens is 367 g/mol. The van der Waals surface area contributed by atoms with Crippen molar-refractivity contribution in [1.29, 1.82) is 0 Å². The van der Waals surface area contributed by atoms with Crippen LogP contribution in [0.15, 0.2) is 23.0 Å². The van der Waals surface area contributed by atoms with Crippen LogP contribution in [0.3, 0.4) is 0 Å². The van der Waals surface area contributed by atoms with E-state index in [0.717, 1.165) is 6.07 Å². The van der Waals surface area contributed by atoms with Gasteiger partial charge in [0.15, 0.2) is 5.69 Å². The summed E-state index contributed by atoms with van der Waals surface area (Å²) in [4.78, 5) is 40.9. The number of halogens is 1. The Morgan fingerprint density at radius 1 is 1.25 bits per heavy atom. The number of nitrogens with zero attached hydrogens (tertiary/aromatic N) is 2. The van der Waals surface area contributed by atoms with Gasteiger partial charge in [0, 0.05) is 31.6 Å². The van der Waals surface area contributed by atoms with E-state index in [0.29, 0.717) is 11.4 Å². The molecule has 3 N–H and O–H groups in total. The number of carbonyl (C=O) groups excluding carboxylic acids is 2. The van der Waals surface area contributed by atoms with Crippen molar-refractivity contribution >= 4 is 11.8 Å². The Kier molecular flexibility index (Phi) is 5.86. The molecular formula is C19H23FN4O4. The Morgan fingerprint density at radius 2 is 1.89 bits per heavy atom. The van der Waals surface area contributed by atoms with Crippen LogP contribution < -0.4 is 16.2 Å². The summed E-state index contributed by atoms with van der Waals surface area (Å²) >= 11 is 0. The number of aromatic nitrogens is 2. The quantitative estimate of drug-likeness (QED) is 0.726. The molecule has 28 heavy (non-hydrogen) atoms. The molecule has 2 rings (SSSR count). The van der Waals surface area contributed by atoms with Crippen molar-refractivity contribution in [2.75, 3.05) is 7.05 Å². The first kappa shape index (κ1) is 21.1. The molecule has 0 radical (unpaired) electrons. The molecule has 0 saturated heterocycles. The van der Waals surface area contributed by atoms with Crippen LogP contribution in [0.2, 0.25) is 0 Å². The summed E-state index contributed by atoms with van der Waals surface area (Å²) in [5.74, 6) is -2.32. The molecule has 0 unspecified atom stereocenters. The smallest absolute Gasteiger partial charge is 0.296 e. The SMILES string of the molecule is CNC(=O)c1cc(F)ccc1CNC(=O)c1nc(C(C)(C)C)n(C)c(=O)c1O. The van der Waals surface area contributed by atoms with Gasteiger partial charge in [-0.25, -0.2) is 9.37 Å². The highest BCUT2D eigenvalue weighted by molar-refractivity contribution is 5.96. The van der Waals surface area contributed by atoms with Crippen LogP contribution >= 0.6 is 0 Å². The molecule has 1 aromatic heterocycles. The summed E-state index contributed by atoms with van der Waals surface area (Å²) in [5, 5.41) is 15.0. The van der Waals surface area contributed by atoms with Gasteiger partial charge in [-0.05, 0) is 17.7 Å². The van der Waals surface area contributed by atoms with Crippen molar-refractivity contribution in [3.63, 3.8) is 0 Å². The van der Waals surface area contributed by atoms with E-state index in [2.05, 4.69) is 15.6 Å². The monoisotopic (exact) mass is 390 g/mol. The highest BCUT2D eigenvalue weighted by atomic mass is 19.1. The van der Waals surface area contributed by atoms with Gasteiger partial charge in [0.25, 0.3) is 17.4 Å². The third-order valence-corrected chi connectivity index (χ3v) is 4.14. The van der Waals surface area contributed by atoms with Crippen LogP contribution in [-0.2, 0) is 19.0 Å². The third-order valence-electron chi connectivity index (χ3n) is 4.14. The van der Waals surface area contributed by atoms with Gasteiger partial charge in [0.1, 0.15) is 11.6 Å². The van der Waals surface area contributed by atoms with Crippen LogP contribution in [0.1, 0.15) is 53.0 Å². The lowest BCUT2D eigenvalue weighted by molar-refractivity contribution is 0.0932. The van der Waals surface area contributed by atoms with Gasteiger partial charge in [-0.15, -0.1) is 0 Å². The average molecular weight is 390 g/mol. The maximum Gasteiger partial charge on any atom is 0.296 e. The average Bonchev–Trinajstić information content (AvgIpc) is 2.63. The van der Waals surface area contributed by atoms with Gasteiger partial charge in [-0.2, -0.15) is 0 Å². The molecule has 9 heteroatoms. The number of aromatic hydroxyl groups is 1. The summed E-state index contributed by atoms with van der Waals surface area (Å²) in [5.41, 5.74) is -1.25. The minimum Gasteiger partial charge on any atom is -0.501 e. The number of hydrogen-bond acceptors (Lipinski definition) is 5.